The quantitative estimate of drug-likeness (QED) is 0.277. The molecule has 0 aliphatic rings. The molecular weight excluding hydrogens is 525 g/mol. The van der Waals surface area contributed by atoms with E-state index >= 15 is 0 Å². The third-order valence-electron chi connectivity index (χ3n) is 6.00. The summed E-state index contributed by atoms with van der Waals surface area (Å²) in [5.41, 5.74) is 1.84. The van der Waals surface area contributed by atoms with Crippen LogP contribution in [0.25, 0.3) is 10.9 Å². The summed E-state index contributed by atoms with van der Waals surface area (Å²) in [7, 11) is 0. The van der Waals surface area contributed by atoms with Crippen molar-refractivity contribution in [3.63, 3.8) is 0 Å². The smallest absolute Gasteiger partial charge is 0.410 e. The topological polar surface area (TPSA) is 93.2 Å². The molecule has 1 unspecified atom stereocenters. The van der Waals surface area contributed by atoms with E-state index in [4.69, 9.17) is 27.9 Å². The van der Waals surface area contributed by atoms with Crippen molar-refractivity contribution in [3.05, 3.63) is 145 Å². The van der Waals surface area contributed by atoms with Crippen LogP contribution in [0.2, 0.25) is 10.0 Å². The van der Waals surface area contributed by atoms with Gasteiger partial charge >= 0.3 is 6.09 Å². The van der Waals surface area contributed by atoms with Crippen molar-refractivity contribution in [2.24, 2.45) is 0 Å². The summed E-state index contributed by atoms with van der Waals surface area (Å²) in [6.45, 7) is 0.317. The average Bonchev–Trinajstić information content (AvgIpc) is 2.90. The van der Waals surface area contributed by atoms with Gasteiger partial charge in [-0.25, -0.2) is 4.79 Å². The molecule has 3 aromatic carbocycles. The van der Waals surface area contributed by atoms with Crippen LogP contribution in [-0.2, 0) is 6.54 Å². The summed E-state index contributed by atoms with van der Waals surface area (Å²) in [6, 6.07) is 23.1. The Kier molecular flexibility index (Phi) is 7.31. The molecule has 1 atom stereocenters. The second-order valence-corrected chi connectivity index (χ2v) is 9.47. The van der Waals surface area contributed by atoms with E-state index in [0.717, 1.165) is 5.56 Å². The van der Waals surface area contributed by atoms with Crippen LogP contribution < -0.4 is 21.0 Å². The number of fused-ring (bicyclic) bond motifs is 1. The minimum atomic E-state index is -0.818. The Morgan fingerprint density at radius 2 is 1.71 bits per heavy atom. The van der Waals surface area contributed by atoms with Crippen molar-refractivity contribution in [3.8, 4) is 5.75 Å². The molecule has 2 aromatic heterocycles. The Hall–Kier alpha value is -4.33. The van der Waals surface area contributed by atoms with Crippen molar-refractivity contribution in [2.45, 2.75) is 12.6 Å². The van der Waals surface area contributed by atoms with Gasteiger partial charge < -0.3 is 19.6 Å². The van der Waals surface area contributed by atoms with Gasteiger partial charge in [0.05, 0.1) is 18.1 Å². The fourth-order valence-electron chi connectivity index (χ4n) is 4.18. The van der Waals surface area contributed by atoms with Gasteiger partial charge in [-0.15, -0.1) is 0 Å². The van der Waals surface area contributed by atoms with Gasteiger partial charge in [0.25, 0.3) is 5.56 Å². The Morgan fingerprint density at radius 1 is 0.921 bits per heavy atom. The summed E-state index contributed by atoms with van der Waals surface area (Å²) in [6.07, 6.45) is 2.27. The van der Waals surface area contributed by atoms with Crippen LogP contribution in [0.5, 0.6) is 5.75 Å². The second-order valence-electron chi connectivity index (χ2n) is 8.60. The molecular formula is C29H21Cl2N3O4. The lowest BCUT2D eigenvalue weighted by molar-refractivity contribution is 0.197. The van der Waals surface area contributed by atoms with E-state index in [1.165, 1.54) is 16.7 Å². The Balaban J connectivity index is 1.39. The molecule has 2 N–H and O–H groups in total. The van der Waals surface area contributed by atoms with Gasteiger partial charge in [-0.05, 0) is 47.5 Å². The number of nitrogens with one attached hydrogen (secondary N) is 2. The Morgan fingerprint density at radius 3 is 2.47 bits per heavy atom. The zero-order chi connectivity index (χ0) is 26.6. The summed E-state index contributed by atoms with van der Waals surface area (Å²) in [5, 5.41) is 4.28. The third kappa shape index (κ3) is 5.64. The lowest BCUT2D eigenvalue weighted by Gasteiger charge is -2.19. The maximum atomic E-state index is 13.3. The maximum Gasteiger partial charge on any atom is 0.413 e. The zero-order valence-electron chi connectivity index (χ0n) is 19.9. The molecule has 38 heavy (non-hydrogen) atoms. The number of amides is 1. The lowest BCUT2D eigenvalue weighted by atomic mass is 9.98. The molecule has 2 heterocycles. The lowest BCUT2D eigenvalue weighted by Crippen LogP contribution is -2.34. The molecule has 0 saturated heterocycles. The highest BCUT2D eigenvalue weighted by molar-refractivity contribution is 6.31. The number of aromatic nitrogens is 2. The van der Waals surface area contributed by atoms with E-state index in [-0.39, 0.29) is 16.7 Å². The molecule has 0 saturated carbocycles. The number of rotatable bonds is 6. The van der Waals surface area contributed by atoms with Crippen molar-refractivity contribution in [1.29, 1.82) is 0 Å². The van der Waals surface area contributed by atoms with Crippen molar-refractivity contribution in [2.75, 3.05) is 0 Å². The van der Waals surface area contributed by atoms with Gasteiger partial charge in [0.15, 0.2) is 5.43 Å². The van der Waals surface area contributed by atoms with Gasteiger partial charge in [0, 0.05) is 39.5 Å². The van der Waals surface area contributed by atoms with Gasteiger partial charge in [0.1, 0.15) is 5.75 Å². The molecule has 7 nitrogen and oxygen atoms in total. The van der Waals surface area contributed by atoms with E-state index in [1.807, 2.05) is 30.3 Å². The highest BCUT2D eigenvalue weighted by atomic mass is 35.5. The number of hydrogen-bond donors (Lipinski definition) is 2. The van der Waals surface area contributed by atoms with Crippen LogP contribution in [0.3, 0.4) is 0 Å². The first-order valence-corrected chi connectivity index (χ1v) is 12.4. The summed E-state index contributed by atoms with van der Waals surface area (Å²) >= 11 is 12.1. The number of hydrogen-bond acceptors (Lipinski definition) is 4. The largest absolute Gasteiger partial charge is 0.413 e. The molecule has 0 bridgehead atoms. The molecule has 9 heteroatoms. The van der Waals surface area contributed by atoms with Crippen molar-refractivity contribution >= 4 is 40.2 Å². The maximum absolute atomic E-state index is 13.3. The van der Waals surface area contributed by atoms with Crippen LogP contribution in [0.15, 0.2) is 107 Å². The van der Waals surface area contributed by atoms with Gasteiger partial charge in [-0.3, -0.25) is 9.59 Å². The summed E-state index contributed by atoms with van der Waals surface area (Å²) < 4.78 is 6.90. The number of ether oxygens (including phenoxy) is 1. The molecule has 5 aromatic rings. The number of benzene rings is 3. The number of H-pyrrole nitrogens is 1. The molecule has 0 aliphatic heterocycles. The third-order valence-corrected chi connectivity index (χ3v) is 6.47. The van der Waals surface area contributed by atoms with Crippen LogP contribution >= 0.6 is 23.2 Å². The first-order chi connectivity index (χ1) is 18.4. The van der Waals surface area contributed by atoms with Gasteiger partial charge in [0.2, 0.25) is 0 Å². The SMILES string of the molecule is O=C(NC(c1ccccc1)c1c[nH]c2cc(Cl)ccc2c1=O)Oc1ccn(Cc2cccc(Cl)c2)c(=O)c1. The highest BCUT2D eigenvalue weighted by Crippen LogP contribution is 2.23. The van der Waals surface area contributed by atoms with E-state index in [1.54, 1.807) is 54.9 Å². The fourth-order valence-corrected chi connectivity index (χ4v) is 4.57. The number of pyridine rings is 2. The monoisotopic (exact) mass is 545 g/mol. The first-order valence-electron chi connectivity index (χ1n) is 11.7. The van der Waals surface area contributed by atoms with Crippen molar-refractivity contribution in [1.82, 2.24) is 14.9 Å². The molecule has 0 radical (unpaired) electrons. The van der Waals surface area contributed by atoms with Crippen molar-refractivity contribution < 1.29 is 9.53 Å². The second kappa shape index (κ2) is 11.0. The van der Waals surface area contributed by atoms with Gasteiger partial charge in [-0.1, -0.05) is 65.7 Å². The number of carbonyl (C=O) groups is 1. The Bertz CT molecular complexity index is 1750. The minimum absolute atomic E-state index is 0.0729. The normalized spacial score (nSPS) is 11.7. The molecule has 5 rings (SSSR count). The molecule has 0 spiro atoms. The minimum Gasteiger partial charge on any atom is -0.410 e. The molecule has 190 valence electrons. The summed E-state index contributed by atoms with van der Waals surface area (Å²) in [5.74, 6) is 0.0729. The van der Waals surface area contributed by atoms with E-state index in [9.17, 15) is 14.4 Å². The van der Waals surface area contributed by atoms with E-state index in [0.29, 0.717) is 38.6 Å². The van der Waals surface area contributed by atoms with Gasteiger partial charge in [-0.2, -0.15) is 0 Å². The number of nitrogens with zero attached hydrogens (tertiary/aromatic N) is 1. The molecule has 0 aliphatic carbocycles. The van der Waals surface area contributed by atoms with Crippen LogP contribution in [0.1, 0.15) is 22.7 Å². The van der Waals surface area contributed by atoms with E-state index in [2.05, 4.69) is 10.3 Å². The molecule has 1 amide bonds. The fraction of sp³-hybridized carbons (Fsp3) is 0.0690. The number of aromatic amines is 1. The average molecular weight is 546 g/mol. The van der Waals surface area contributed by atoms with E-state index < -0.39 is 12.1 Å². The standard InChI is InChI=1S/C29H21Cl2N3O4/c30-20-8-4-5-18(13-20)17-34-12-11-22(15-26(34)35)38-29(37)33-27(19-6-2-1-3-7-19)24-16-32-25-14-21(31)9-10-23(25)28(24)36/h1-16,27H,17H2,(H,32,36)(H,33,37). The predicted molar refractivity (Wildman–Crippen MR) is 148 cm³/mol. The molecule has 0 fully saturated rings. The highest BCUT2D eigenvalue weighted by Gasteiger charge is 2.22. The first kappa shape index (κ1) is 25.3. The van der Waals surface area contributed by atoms with Crippen LogP contribution in [-0.4, -0.2) is 15.6 Å². The zero-order valence-corrected chi connectivity index (χ0v) is 21.4. The van der Waals surface area contributed by atoms with Crippen LogP contribution in [0.4, 0.5) is 4.79 Å². The van der Waals surface area contributed by atoms with Crippen LogP contribution in [0, 0.1) is 0 Å². The Labute approximate surface area is 227 Å². The predicted octanol–water partition coefficient (Wildman–Crippen LogP) is 5.92. The number of carbonyl (C=O) groups excluding carboxylic acids is 1. The number of halogens is 2. The summed E-state index contributed by atoms with van der Waals surface area (Å²) in [4.78, 5) is 42.0.